The van der Waals surface area contributed by atoms with Crippen molar-refractivity contribution in [3.05, 3.63) is 59.2 Å². The van der Waals surface area contributed by atoms with Gasteiger partial charge in [0.15, 0.2) is 11.6 Å². The van der Waals surface area contributed by atoms with Gasteiger partial charge in [-0.05, 0) is 24.6 Å². The third kappa shape index (κ3) is 4.87. The van der Waals surface area contributed by atoms with Crippen LogP contribution in [0.1, 0.15) is 47.6 Å². The Balaban J connectivity index is 1.43. The molecule has 2 atom stereocenters. The molecule has 2 aromatic rings. The van der Waals surface area contributed by atoms with Gasteiger partial charge in [-0.25, -0.2) is 13.6 Å². The second-order valence-electron chi connectivity index (χ2n) is 7.89. The van der Waals surface area contributed by atoms with E-state index in [1.54, 1.807) is 18.2 Å². The summed E-state index contributed by atoms with van der Waals surface area (Å²) in [4.78, 5) is 36.4. The first-order valence-electron chi connectivity index (χ1n) is 10.4. The molecule has 1 fully saturated rings. The number of nitrogens with one attached hydrogen (secondary N) is 2. The Morgan fingerprint density at radius 1 is 1.12 bits per heavy atom. The van der Waals surface area contributed by atoms with Crippen molar-refractivity contribution in [3.8, 4) is 5.75 Å². The van der Waals surface area contributed by atoms with Crippen LogP contribution in [0.3, 0.4) is 0 Å². The van der Waals surface area contributed by atoms with Gasteiger partial charge in [-0.15, -0.1) is 0 Å². The third-order valence-electron chi connectivity index (χ3n) is 5.59. The lowest BCUT2D eigenvalue weighted by Crippen LogP contribution is -2.34. The van der Waals surface area contributed by atoms with Crippen molar-refractivity contribution >= 4 is 23.5 Å². The van der Waals surface area contributed by atoms with Gasteiger partial charge >= 0.3 is 6.09 Å². The molecule has 2 N–H and O–H groups in total. The molecule has 0 aromatic heterocycles. The quantitative estimate of drug-likeness (QED) is 0.723. The van der Waals surface area contributed by atoms with Crippen LogP contribution in [0, 0.1) is 17.6 Å². The van der Waals surface area contributed by atoms with Crippen molar-refractivity contribution in [2.24, 2.45) is 5.92 Å². The summed E-state index contributed by atoms with van der Waals surface area (Å²) in [5.41, 5.74) is 0.921. The lowest BCUT2D eigenvalue weighted by Gasteiger charge is -2.28. The summed E-state index contributed by atoms with van der Waals surface area (Å²) in [5, 5.41) is 5.31. The highest BCUT2D eigenvalue weighted by atomic mass is 19.2. The zero-order valence-electron chi connectivity index (χ0n) is 17.2. The number of carbonyl (C=O) groups excluding carboxylic acids is 3. The zero-order valence-corrected chi connectivity index (χ0v) is 17.2. The molecule has 1 saturated carbocycles. The van der Waals surface area contributed by atoms with Crippen molar-refractivity contribution in [2.75, 3.05) is 18.5 Å². The fourth-order valence-corrected chi connectivity index (χ4v) is 3.94. The Labute approximate surface area is 183 Å². The highest BCUT2D eigenvalue weighted by Crippen LogP contribution is 2.35. The number of benzene rings is 2. The molecule has 2 aliphatic rings. The molecule has 168 valence electrons. The number of fused-ring (bicyclic) bond motifs is 1. The molecule has 2 aromatic carbocycles. The number of halogens is 2. The van der Waals surface area contributed by atoms with E-state index in [4.69, 9.17) is 9.47 Å². The van der Waals surface area contributed by atoms with E-state index in [1.807, 2.05) is 0 Å². The van der Waals surface area contributed by atoms with Gasteiger partial charge < -0.3 is 20.1 Å². The first kappa shape index (κ1) is 21.7. The van der Waals surface area contributed by atoms with E-state index in [0.29, 0.717) is 30.6 Å². The predicted molar refractivity (Wildman–Crippen MR) is 110 cm³/mol. The minimum atomic E-state index is -1.07. The van der Waals surface area contributed by atoms with Crippen LogP contribution in [0.2, 0.25) is 0 Å². The van der Waals surface area contributed by atoms with E-state index >= 15 is 0 Å². The van der Waals surface area contributed by atoms with Gasteiger partial charge in [0.2, 0.25) is 0 Å². The molecular weight excluding hydrogens is 422 g/mol. The van der Waals surface area contributed by atoms with Gasteiger partial charge in [-0.2, -0.15) is 0 Å². The lowest BCUT2D eigenvalue weighted by molar-refractivity contribution is -0.117. The summed E-state index contributed by atoms with van der Waals surface area (Å²) in [6.07, 6.45) is 1.57. The second kappa shape index (κ2) is 9.33. The Hall–Kier alpha value is -3.49. The number of rotatable bonds is 5. The van der Waals surface area contributed by atoms with Crippen LogP contribution in [-0.2, 0) is 9.53 Å². The molecule has 0 saturated heterocycles. The third-order valence-corrected chi connectivity index (χ3v) is 5.59. The monoisotopic (exact) mass is 444 g/mol. The predicted octanol–water partition coefficient (Wildman–Crippen LogP) is 4.14. The van der Waals surface area contributed by atoms with Crippen molar-refractivity contribution in [2.45, 2.75) is 31.7 Å². The number of carbonyl (C=O) groups is 3. The van der Waals surface area contributed by atoms with E-state index in [1.165, 1.54) is 6.07 Å². The van der Waals surface area contributed by atoms with Crippen LogP contribution in [-0.4, -0.2) is 31.0 Å². The summed E-state index contributed by atoms with van der Waals surface area (Å²) in [6.45, 7) is 0.453. The van der Waals surface area contributed by atoms with E-state index < -0.39 is 29.7 Å². The molecule has 9 heteroatoms. The minimum absolute atomic E-state index is 0.0572. The molecule has 2 amide bonds. The number of hydrogen-bond donors (Lipinski definition) is 2. The summed E-state index contributed by atoms with van der Waals surface area (Å²) in [5.74, 6) is -2.08. The molecule has 1 aliphatic carbocycles. The molecule has 1 heterocycles. The SMILES string of the molecule is O=C1CC[C@@H](COC(=O)N[C@H]2CCOc3c(C(=O)Nc4ccc(F)c(F)c4)cccc32)C1. The van der Waals surface area contributed by atoms with E-state index in [0.717, 1.165) is 18.6 Å². The average molecular weight is 444 g/mol. The molecule has 0 radical (unpaired) electrons. The van der Waals surface area contributed by atoms with Crippen LogP contribution in [0.4, 0.5) is 19.3 Å². The average Bonchev–Trinajstić information content (AvgIpc) is 3.20. The van der Waals surface area contributed by atoms with Gasteiger partial charge in [0.1, 0.15) is 11.5 Å². The first-order chi connectivity index (χ1) is 15.4. The molecule has 0 unspecified atom stereocenters. The van der Waals surface area contributed by atoms with Gasteiger partial charge in [0.25, 0.3) is 5.91 Å². The van der Waals surface area contributed by atoms with Crippen LogP contribution in [0.5, 0.6) is 5.75 Å². The molecule has 0 spiro atoms. The Bertz CT molecular complexity index is 1060. The highest BCUT2D eigenvalue weighted by molar-refractivity contribution is 6.06. The molecule has 7 nitrogen and oxygen atoms in total. The second-order valence-corrected chi connectivity index (χ2v) is 7.89. The smallest absolute Gasteiger partial charge is 0.407 e. The lowest BCUT2D eigenvalue weighted by atomic mass is 9.97. The fraction of sp³-hybridized carbons (Fsp3) is 0.348. The van der Waals surface area contributed by atoms with Gasteiger partial charge in [-0.1, -0.05) is 12.1 Å². The number of amides is 2. The summed E-state index contributed by atoms with van der Waals surface area (Å²) >= 11 is 0. The van der Waals surface area contributed by atoms with E-state index in [-0.39, 0.29) is 36.2 Å². The van der Waals surface area contributed by atoms with Crippen LogP contribution < -0.4 is 15.4 Å². The molecule has 1 aliphatic heterocycles. The summed E-state index contributed by atoms with van der Waals surface area (Å²) in [7, 11) is 0. The van der Waals surface area contributed by atoms with E-state index in [2.05, 4.69) is 10.6 Å². The maximum Gasteiger partial charge on any atom is 0.407 e. The topological polar surface area (TPSA) is 93.7 Å². The highest BCUT2D eigenvalue weighted by Gasteiger charge is 2.28. The minimum Gasteiger partial charge on any atom is -0.492 e. The van der Waals surface area contributed by atoms with Gasteiger partial charge in [0, 0.05) is 42.5 Å². The Morgan fingerprint density at radius 2 is 1.97 bits per heavy atom. The van der Waals surface area contributed by atoms with Gasteiger partial charge in [-0.3, -0.25) is 9.59 Å². The molecular formula is C23H22F2N2O5. The number of para-hydroxylation sites is 1. The maximum atomic E-state index is 13.4. The standard InChI is InChI=1S/C23H22F2N2O5/c24-18-7-5-14(11-19(18)25)26-22(29)17-3-1-2-16-20(8-9-31-21(16)17)27-23(30)32-12-13-4-6-15(28)10-13/h1-3,5,7,11,13,20H,4,6,8-10,12H2,(H,26,29)(H,27,30)/t13-,20+/m1/s1. The number of ether oxygens (including phenoxy) is 2. The zero-order chi connectivity index (χ0) is 22.7. The van der Waals surface area contributed by atoms with Crippen molar-refractivity contribution in [3.63, 3.8) is 0 Å². The number of alkyl carbamates (subject to hydrolysis) is 1. The van der Waals surface area contributed by atoms with Crippen molar-refractivity contribution < 1.29 is 32.6 Å². The van der Waals surface area contributed by atoms with Crippen molar-refractivity contribution in [1.82, 2.24) is 5.32 Å². The Kier molecular flexibility index (Phi) is 6.34. The molecule has 32 heavy (non-hydrogen) atoms. The Morgan fingerprint density at radius 3 is 2.72 bits per heavy atom. The number of hydrogen-bond acceptors (Lipinski definition) is 5. The molecule has 0 bridgehead atoms. The maximum absolute atomic E-state index is 13.4. The number of anilines is 1. The summed E-state index contributed by atoms with van der Waals surface area (Å²) in [6, 6.07) is 7.58. The van der Waals surface area contributed by atoms with Crippen molar-refractivity contribution in [1.29, 1.82) is 0 Å². The van der Waals surface area contributed by atoms with Crippen LogP contribution in [0.25, 0.3) is 0 Å². The van der Waals surface area contributed by atoms with Crippen LogP contribution in [0.15, 0.2) is 36.4 Å². The normalized spacial score (nSPS) is 19.6. The van der Waals surface area contributed by atoms with E-state index in [9.17, 15) is 23.2 Å². The first-order valence-corrected chi connectivity index (χ1v) is 10.4. The largest absolute Gasteiger partial charge is 0.492 e. The summed E-state index contributed by atoms with van der Waals surface area (Å²) < 4.78 is 37.5. The van der Waals surface area contributed by atoms with Gasteiger partial charge in [0.05, 0.1) is 24.8 Å². The number of Topliss-reactive ketones (excluding diaryl/α,β-unsaturated/α-hetero) is 1. The molecule has 4 rings (SSSR count). The fourth-order valence-electron chi connectivity index (χ4n) is 3.94. The van der Waals surface area contributed by atoms with Crippen LogP contribution >= 0.6 is 0 Å². The number of ketones is 1.